The Kier molecular flexibility index (Phi) is 3.15. The molecule has 0 saturated heterocycles. The molecular formula is C11H9F9. The van der Waals surface area contributed by atoms with Gasteiger partial charge in [-0.05, 0) is 31.1 Å². The summed E-state index contributed by atoms with van der Waals surface area (Å²) < 4.78 is 115. The molecule has 0 heterocycles. The molecular weight excluding hydrogens is 303 g/mol. The number of fused-ring (bicyclic) bond motifs is 2. The van der Waals surface area contributed by atoms with Crippen LogP contribution in [0.1, 0.15) is 19.3 Å². The minimum Gasteiger partial charge on any atom is -0.194 e. The van der Waals surface area contributed by atoms with Crippen molar-refractivity contribution in [2.45, 2.75) is 43.2 Å². The fraction of sp³-hybridized carbons (Fsp3) is 0.818. The van der Waals surface area contributed by atoms with Crippen molar-refractivity contribution in [3.05, 3.63) is 11.6 Å². The molecule has 0 spiro atoms. The molecule has 2 aliphatic rings. The number of allylic oxidation sites excluding steroid dienone is 2. The van der Waals surface area contributed by atoms with Crippen LogP contribution < -0.4 is 0 Å². The van der Waals surface area contributed by atoms with Gasteiger partial charge >= 0.3 is 23.9 Å². The van der Waals surface area contributed by atoms with Gasteiger partial charge < -0.3 is 0 Å². The zero-order valence-electron chi connectivity index (χ0n) is 9.76. The Morgan fingerprint density at radius 1 is 0.800 bits per heavy atom. The largest absolute Gasteiger partial charge is 0.460 e. The molecule has 0 aliphatic heterocycles. The fourth-order valence-corrected chi connectivity index (χ4v) is 2.76. The zero-order chi connectivity index (χ0) is 15.6. The van der Waals surface area contributed by atoms with Gasteiger partial charge in [-0.3, -0.25) is 0 Å². The van der Waals surface area contributed by atoms with Gasteiger partial charge in [0.05, 0.1) is 0 Å². The first kappa shape index (κ1) is 15.5. The highest BCUT2D eigenvalue weighted by Crippen LogP contribution is 2.59. The van der Waals surface area contributed by atoms with Gasteiger partial charge in [0.2, 0.25) is 0 Å². The summed E-state index contributed by atoms with van der Waals surface area (Å²) in [6.45, 7) is 0. The Morgan fingerprint density at radius 2 is 1.35 bits per heavy atom. The third-order valence-electron chi connectivity index (χ3n) is 3.84. The molecule has 0 aromatic heterocycles. The first-order chi connectivity index (χ1) is 8.82. The second kappa shape index (κ2) is 4.07. The maximum atomic E-state index is 13.6. The minimum atomic E-state index is -6.80. The molecule has 0 aromatic carbocycles. The second-order valence-electron chi connectivity index (χ2n) is 5.11. The molecule has 2 atom stereocenters. The fourth-order valence-electron chi connectivity index (χ4n) is 2.76. The van der Waals surface area contributed by atoms with Crippen LogP contribution in [0.2, 0.25) is 0 Å². The normalized spacial score (nSPS) is 27.9. The molecule has 0 amide bonds. The van der Waals surface area contributed by atoms with Gasteiger partial charge in [0.1, 0.15) is 0 Å². The summed E-state index contributed by atoms with van der Waals surface area (Å²) in [5.74, 6) is -20.3. The molecule has 0 N–H and O–H groups in total. The topological polar surface area (TPSA) is 0 Å². The smallest absolute Gasteiger partial charge is 0.194 e. The van der Waals surface area contributed by atoms with Crippen molar-refractivity contribution in [3.63, 3.8) is 0 Å². The van der Waals surface area contributed by atoms with Crippen molar-refractivity contribution in [3.8, 4) is 0 Å². The van der Waals surface area contributed by atoms with E-state index in [9.17, 15) is 39.5 Å². The monoisotopic (exact) mass is 312 g/mol. The second-order valence-corrected chi connectivity index (χ2v) is 5.11. The summed E-state index contributed by atoms with van der Waals surface area (Å²) >= 11 is 0. The van der Waals surface area contributed by atoms with E-state index in [-0.39, 0.29) is 12.8 Å². The van der Waals surface area contributed by atoms with E-state index in [1.165, 1.54) is 0 Å². The Labute approximate surface area is 107 Å². The quantitative estimate of drug-likeness (QED) is 0.518. The average Bonchev–Trinajstić information content (AvgIpc) is 2.88. The Morgan fingerprint density at radius 3 is 1.70 bits per heavy atom. The number of halogens is 9. The molecule has 2 bridgehead atoms. The van der Waals surface area contributed by atoms with E-state index in [0.29, 0.717) is 12.5 Å². The lowest BCUT2D eigenvalue weighted by molar-refractivity contribution is -0.390. The lowest BCUT2D eigenvalue weighted by Crippen LogP contribution is -2.61. The Balaban J connectivity index is 2.40. The molecule has 2 unspecified atom stereocenters. The number of alkyl halides is 9. The summed E-state index contributed by atoms with van der Waals surface area (Å²) in [6.07, 6.45) is -5.39. The highest BCUT2D eigenvalue weighted by Gasteiger charge is 2.82. The standard InChI is InChI=1S/C11H9F9/c12-8(13,7-4-5-1-2-6(7)3-5)9(14,15)10(16,17)11(18,19)20/h4-6H,1-3H2. The minimum absolute atomic E-state index is 0.0958. The van der Waals surface area contributed by atoms with Crippen molar-refractivity contribution in [2.75, 3.05) is 0 Å². The van der Waals surface area contributed by atoms with E-state index in [2.05, 4.69) is 0 Å². The average molecular weight is 312 g/mol. The van der Waals surface area contributed by atoms with E-state index >= 15 is 0 Å². The van der Waals surface area contributed by atoms with Crippen LogP contribution in [0.3, 0.4) is 0 Å². The predicted molar refractivity (Wildman–Crippen MR) is 49.8 cm³/mol. The third-order valence-corrected chi connectivity index (χ3v) is 3.84. The lowest BCUT2D eigenvalue weighted by Gasteiger charge is -2.36. The summed E-state index contributed by atoms with van der Waals surface area (Å²) in [6, 6.07) is 0. The van der Waals surface area contributed by atoms with Gasteiger partial charge in [0.15, 0.2) is 0 Å². The van der Waals surface area contributed by atoms with Gasteiger partial charge in [0.25, 0.3) is 0 Å². The molecule has 2 aliphatic carbocycles. The first-order valence-electron chi connectivity index (χ1n) is 5.74. The van der Waals surface area contributed by atoms with Crippen LogP contribution in [0.15, 0.2) is 11.6 Å². The first-order valence-corrected chi connectivity index (χ1v) is 5.74. The van der Waals surface area contributed by atoms with Gasteiger partial charge in [-0.1, -0.05) is 6.08 Å². The number of hydrogen-bond acceptors (Lipinski definition) is 0. The van der Waals surface area contributed by atoms with E-state index in [1.807, 2.05) is 0 Å². The number of hydrogen-bond donors (Lipinski definition) is 0. The molecule has 1 saturated carbocycles. The maximum absolute atomic E-state index is 13.6. The molecule has 116 valence electrons. The Hall–Kier alpha value is -0.890. The van der Waals surface area contributed by atoms with E-state index in [0.717, 1.165) is 0 Å². The van der Waals surface area contributed by atoms with Gasteiger partial charge in [0, 0.05) is 5.57 Å². The van der Waals surface area contributed by atoms with E-state index < -0.39 is 41.4 Å². The molecule has 2 rings (SSSR count). The van der Waals surface area contributed by atoms with Crippen LogP contribution >= 0.6 is 0 Å². The van der Waals surface area contributed by atoms with Crippen molar-refractivity contribution in [1.29, 1.82) is 0 Å². The van der Waals surface area contributed by atoms with Crippen LogP contribution in [0.5, 0.6) is 0 Å². The highest BCUT2D eigenvalue weighted by atomic mass is 19.4. The summed E-state index contributed by atoms with van der Waals surface area (Å²) in [5.41, 5.74) is -1.29. The SMILES string of the molecule is FC(F)(F)C(F)(F)C(F)(F)C(F)(F)C1=CC2CCC1C2. The van der Waals surface area contributed by atoms with Crippen LogP contribution in [0, 0.1) is 11.8 Å². The third kappa shape index (κ3) is 1.84. The maximum Gasteiger partial charge on any atom is 0.460 e. The molecule has 0 radical (unpaired) electrons. The van der Waals surface area contributed by atoms with Crippen LogP contribution in [-0.4, -0.2) is 23.9 Å². The van der Waals surface area contributed by atoms with Crippen LogP contribution in [-0.2, 0) is 0 Å². The Bertz CT molecular complexity index is 432. The summed E-state index contributed by atoms with van der Waals surface area (Å²) in [5, 5.41) is 0. The van der Waals surface area contributed by atoms with Crippen molar-refractivity contribution < 1.29 is 39.5 Å². The van der Waals surface area contributed by atoms with Crippen molar-refractivity contribution >= 4 is 0 Å². The van der Waals surface area contributed by atoms with Gasteiger partial charge in [-0.15, -0.1) is 0 Å². The van der Waals surface area contributed by atoms with Gasteiger partial charge in [-0.2, -0.15) is 39.5 Å². The summed E-state index contributed by atoms with van der Waals surface area (Å²) in [7, 11) is 0. The molecule has 20 heavy (non-hydrogen) atoms. The zero-order valence-corrected chi connectivity index (χ0v) is 9.76. The van der Waals surface area contributed by atoms with Crippen LogP contribution in [0.25, 0.3) is 0 Å². The molecule has 0 nitrogen and oxygen atoms in total. The van der Waals surface area contributed by atoms with Gasteiger partial charge in [-0.25, -0.2) is 0 Å². The molecule has 9 heteroatoms. The lowest BCUT2D eigenvalue weighted by atomic mass is 9.87. The summed E-state index contributed by atoms with van der Waals surface area (Å²) in [4.78, 5) is 0. The molecule has 0 aromatic rings. The van der Waals surface area contributed by atoms with Crippen molar-refractivity contribution in [2.24, 2.45) is 11.8 Å². The predicted octanol–water partition coefficient (Wildman–Crippen LogP) is 4.81. The van der Waals surface area contributed by atoms with Crippen LogP contribution in [0.4, 0.5) is 39.5 Å². The van der Waals surface area contributed by atoms with E-state index in [4.69, 9.17) is 0 Å². The number of rotatable bonds is 3. The van der Waals surface area contributed by atoms with E-state index in [1.54, 1.807) is 0 Å². The van der Waals surface area contributed by atoms with Crippen molar-refractivity contribution in [1.82, 2.24) is 0 Å². The highest BCUT2D eigenvalue weighted by molar-refractivity contribution is 5.30. The molecule has 1 fully saturated rings.